The van der Waals surface area contributed by atoms with Gasteiger partial charge in [0, 0.05) is 11.1 Å². The number of hydrogen-bond acceptors (Lipinski definition) is 3. The third kappa shape index (κ3) is 4.87. The molecule has 1 aromatic rings. The van der Waals surface area contributed by atoms with Crippen molar-refractivity contribution in [3.05, 3.63) is 35.4 Å². The van der Waals surface area contributed by atoms with Gasteiger partial charge in [0.25, 0.3) is 0 Å². The smallest absolute Gasteiger partial charge is 0.338 e. The fourth-order valence-electron chi connectivity index (χ4n) is 4.02. The van der Waals surface area contributed by atoms with Gasteiger partial charge in [-0.05, 0) is 85.4 Å². The number of nitrogens with zero attached hydrogens (tertiary/aromatic N) is 1. The Morgan fingerprint density at radius 1 is 1.00 bits per heavy atom. The number of ether oxygens (including phenoxy) is 1. The largest absolute Gasteiger partial charge is 0.456 e. The number of esters is 1. The molecule has 0 radical (unpaired) electrons. The van der Waals surface area contributed by atoms with E-state index in [0.29, 0.717) is 12.0 Å². The van der Waals surface area contributed by atoms with Crippen molar-refractivity contribution in [1.82, 2.24) is 4.90 Å². The molecule has 0 N–H and O–H groups in total. The van der Waals surface area contributed by atoms with Gasteiger partial charge in [-0.25, -0.2) is 4.79 Å². The number of likely N-dealkylation sites (tertiary alicyclic amines) is 1. The summed E-state index contributed by atoms with van der Waals surface area (Å²) in [6.07, 6.45) is 3.55. The molecule has 1 fully saturated rings. The zero-order valence-electron chi connectivity index (χ0n) is 17.3. The van der Waals surface area contributed by atoms with Crippen LogP contribution in [0.2, 0.25) is 0 Å². The van der Waals surface area contributed by atoms with Crippen LogP contribution >= 0.6 is 0 Å². The second-order valence-corrected chi connectivity index (χ2v) is 9.58. The lowest BCUT2D eigenvalue weighted by Gasteiger charge is -2.53. The van der Waals surface area contributed by atoms with E-state index in [1.165, 1.54) is 0 Å². The summed E-state index contributed by atoms with van der Waals surface area (Å²) in [4.78, 5) is 27.2. The number of rotatable bonds is 3. The molecule has 4 heteroatoms. The van der Waals surface area contributed by atoms with Crippen molar-refractivity contribution < 1.29 is 14.3 Å². The molecule has 1 aliphatic rings. The number of amides is 1. The third-order valence-corrected chi connectivity index (χ3v) is 4.98. The van der Waals surface area contributed by atoms with E-state index in [-0.39, 0.29) is 23.0 Å². The highest BCUT2D eigenvalue weighted by atomic mass is 16.6. The molecule has 1 saturated heterocycles. The highest BCUT2D eigenvalue weighted by Gasteiger charge is 2.43. The Kier molecular flexibility index (Phi) is 5.55. The van der Waals surface area contributed by atoms with Crippen LogP contribution in [0.5, 0.6) is 0 Å². The van der Waals surface area contributed by atoms with E-state index in [4.69, 9.17) is 4.74 Å². The van der Waals surface area contributed by atoms with E-state index >= 15 is 0 Å². The Labute approximate surface area is 157 Å². The van der Waals surface area contributed by atoms with Gasteiger partial charge < -0.3 is 9.64 Å². The highest BCUT2D eigenvalue weighted by molar-refractivity contribution is 5.90. The van der Waals surface area contributed by atoms with Gasteiger partial charge in [0.15, 0.2) is 0 Å². The van der Waals surface area contributed by atoms with E-state index in [2.05, 4.69) is 32.6 Å². The van der Waals surface area contributed by atoms with Crippen LogP contribution in [-0.4, -0.2) is 33.5 Å². The molecule has 2 rings (SSSR count). The van der Waals surface area contributed by atoms with E-state index in [9.17, 15) is 9.59 Å². The summed E-state index contributed by atoms with van der Waals surface area (Å²) in [7, 11) is 0. The summed E-state index contributed by atoms with van der Waals surface area (Å²) in [6.45, 7) is 14.1. The lowest BCUT2D eigenvalue weighted by atomic mass is 9.79. The maximum Gasteiger partial charge on any atom is 0.338 e. The maximum atomic E-state index is 13.0. The minimum atomic E-state index is -0.517. The molecule has 0 aromatic heterocycles. The van der Waals surface area contributed by atoms with Crippen molar-refractivity contribution in [3.8, 4) is 0 Å². The zero-order valence-corrected chi connectivity index (χ0v) is 17.3. The lowest BCUT2D eigenvalue weighted by molar-refractivity contribution is -0.148. The number of carbonyl (C=O) groups excluding carboxylic acids is 2. The fraction of sp³-hybridized carbons (Fsp3) is 0.636. The highest BCUT2D eigenvalue weighted by Crippen LogP contribution is 2.38. The van der Waals surface area contributed by atoms with Gasteiger partial charge in [-0.2, -0.15) is 0 Å². The first kappa shape index (κ1) is 20.5. The van der Waals surface area contributed by atoms with Gasteiger partial charge in [0.2, 0.25) is 5.91 Å². The molecule has 26 heavy (non-hydrogen) atoms. The van der Waals surface area contributed by atoms with Gasteiger partial charge in [0.1, 0.15) is 5.60 Å². The number of benzene rings is 1. The van der Waals surface area contributed by atoms with Crippen LogP contribution in [0.1, 0.15) is 83.7 Å². The summed E-state index contributed by atoms with van der Waals surface area (Å²) < 4.78 is 5.38. The van der Waals surface area contributed by atoms with Crippen LogP contribution < -0.4 is 0 Å². The Bertz CT molecular complexity index is 650. The molecule has 144 valence electrons. The Balaban J connectivity index is 2.11. The van der Waals surface area contributed by atoms with Gasteiger partial charge >= 0.3 is 5.97 Å². The average Bonchev–Trinajstić information content (AvgIpc) is 2.43. The standard InChI is InChI=1S/C22H33NO3/c1-20(2,3)26-19(25)17-11-9-16(10-12-17)15-18(24)23-21(4,5)13-8-14-22(23,6)7/h9-12H,8,13-15H2,1-7H3. The quantitative estimate of drug-likeness (QED) is 0.731. The van der Waals surface area contributed by atoms with Crippen LogP contribution in [0.15, 0.2) is 24.3 Å². The van der Waals surface area contributed by atoms with E-state index in [0.717, 1.165) is 24.8 Å². The van der Waals surface area contributed by atoms with E-state index in [1.807, 2.05) is 32.9 Å². The van der Waals surface area contributed by atoms with Crippen molar-refractivity contribution in [2.75, 3.05) is 0 Å². The first-order valence-electron chi connectivity index (χ1n) is 9.47. The lowest BCUT2D eigenvalue weighted by Crippen LogP contribution is -2.61. The van der Waals surface area contributed by atoms with E-state index in [1.54, 1.807) is 12.1 Å². The third-order valence-electron chi connectivity index (χ3n) is 4.98. The molecule has 1 heterocycles. The van der Waals surface area contributed by atoms with Crippen LogP contribution in [0.3, 0.4) is 0 Å². The zero-order chi connectivity index (χ0) is 19.8. The van der Waals surface area contributed by atoms with Crippen LogP contribution in [0, 0.1) is 0 Å². The Hall–Kier alpha value is -1.84. The fourth-order valence-corrected chi connectivity index (χ4v) is 4.02. The van der Waals surface area contributed by atoms with Gasteiger partial charge in [0.05, 0.1) is 12.0 Å². The second kappa shape index (κ2) is 7.05. The Morgan fingerprint density at radius 3 is 1.96 bits per heavy atom. The van der Waals surface area contributed by atoms with Crippen molar-refractivity contribution in [2.45, 2.75) is 90.8 Å². The van der Waals surface area contributed by atoms with Gasteiger partial charge in [-0.3, -0.25) is 4.79 Å². The summed E-state index contributed by atoms with van der Waals surface area (Å²) in [6, 6.07) is 7.18. The topological polar surface area (TPSA) is 46.6 Å². The molecule has 0 unspecified atom stereocenters. The van der Waals surface area contributed by atoms with Crippen molar-refractivity contribution >= 4 is 11.9 Å². The monoisotopic (exact) mass is 359 g/mol. The molecular formula is C22H33NO3. The molecule has 0 bridgehead atoms. The SMILES string of the molecule is CC(C)(C)OC(=O)c1ccc(CC(=O)N2C(C)(C)CCCC2(C)C)cc1. The van der Waals surface area contributed by atoms with E-state index < -0.39 is 5.60 Å². The average molecular weight is 360 g/mol. The molecule has 0 aliphatic carbocycles. The van der Waals surface area contributed by atoms with Gasteiger partial charge in [-0.15, -0.1) is 0 Å². The summed E-state index contributed by atoms with van der Waals surface area (Å²) in [5.41, 5.74) is 0.649. The summed E-state index contributed by atoms with van der Waals surface area (Å²) in [5.74, 6) is -0.196. The minimum absolute atomic E-state index is 0.130. The molecule has 0 atom stereocenters. The maximum absolute atomic E-state index is 13.0. The predicted octanol–water partition coefficient (Wildman–Crippen LogP) is 4.75. The molecule has 0 spiro atoms. The van der Waals surface area contributed by atoms with Crippen molar-refractivity contribution in [2.24, 2.45) is 0 Å². The number of carbonyl (C=O) groups is 2. The molecule has 1 amide bonds. The molecular weight excluding hydrogens is 326 g/mol. The summed E-state index contributed by atoms with van der Waals surface area (Å²) >= 11 is 0. The predicted molar refractivity (Wildman–Crippen MR) is 104 cm³/mol. The van der Waals surface area contributed by atoms with Crippen molar-refractivity contribution in [3.63, 3.8) is 0 Å². The van der Waals surface area contributed by atoms with Crippen LogP contribution in [0.25, 0.3) is 0 Å². The normalized spacial score (nSPS) is 19.1. The Morgan fingerprint density at radius 2 is 1.50 bits per heavy atom. The first-order valence-corrected chi connectivity index (χ1v) is 9.47. The number of hydrogen-bond donors (Lipinski definition) is 0. The second-order valence-electron chi connectivity index (χ2n) is 9.58. The van der Waals surface area contributed by atoms with Crippen LogP contribution in [0.4, 0.5) is 0 Å². The molecule has 1 aliphatic heterocycles. The summed E-state index contributed by atoms with van der Waals surface area (Å²) in [5, 5.41) is 0. The minimum Gasteiger partial charge on any atom is -0.456 e. The molecule has 4 nitrogen and oxygen atoms in total. The first-order chi connectivity index (χ1) is 11.8. The van der Waals surface area contributed by atoms with Crippen LogP contribution in [-0.2, 0) is 16.0 Å². The van der Waals surface area contributed by atoms with Crippen molar-refractivity contribution in [1.29, 1.82) is 0 Å². The number of piperidine rings is 1. The van der Waals surface area contributed by atoms with Gasteiger partial charge in [-0.1, -0.05) is 12.1 Å². The molecule has 0 saturated carbocycles. The molecule has 1 aromatic carbocycles.